The molecule has 0 spiro atoms. The van der Waals surface area contributed by atoms with E-state index in [4.69, 9.17) is 8.85 Å². The zero-order chi connectivity index (χ0) is 12.1. The molecule has 0 aliphatic carbocycles. The molecule has 2 aliphatic rings. The maximum Gasteiger partial charge on any atom is 0.203 e. The highest BCUT2D eigenvalue weighted by atomic mass is 28.3. The molecule has 2 atom stereocenters. The van der Waals surface area contributed by atoms with Gasteiger partial charge in [0.15, 0.2) is 9.04 Å². The van der Waals surface area contributed by atoms with Crippen molar-refractivity contribution in [3.05, 3.63) is 10.8 Å². The first kappa shape index (κ1) is 13.5. The Morgan fingerprint density at radius 1 is 0.941 bits per heavy atom. The molecule has 2 fully saturated rings. The fraction of sp³-hybridized carbons (Fsp3) is 0.846. The van der Waals surface area contributed by atoms with Gasteiger partial charge in [0.1, 0.15) is 0 Å². The van der Waals surface area contributed by atoms with Crippen LogP contribution in [0.25, 0.3) is 0 Å². The van der Waals surface area contributed by atoms with E-state index in [0.717, 1.165) is 13.2 Å². The predicted molar refractivity (Wildman–Crippen MR) is 77.5 cm³/mol. The van der Waals surface area contributed by atoms with Crippen molar-refractivity contribution in [2.45, 2.75) is 57.7 Å². The predicted octanol–water partition coefficient (Wildman–Crippen LogP) is 2.93. The van der Waals surface area contributed by atoms with Gasteiger partial charge in [-0.3, -0.25) is 0 Å². The molecule has 0 aromatic carbocycles. The topological polar surface area (TPSA) is 18.5 Å². The summed E-state index contributed by atoms with van der Waals surface area (Å²) in [6.07, 6.45) is 5.35. The lowest BCUT2D eigenvalue weighted by Gasteiger charge is -2.28. The first-order chi connectivity index (χ1) is 8.27. The van der Waals surface area contributed by atoms with Gasteiger partial charge in [-0.2, -0.15) is 0 Å². The van der Waals surface area contributed by atoms with Gasteiger partial charge in [0.25, 0.3) is 0 Å². The Morgan fingerprint density at radius 2 is 1.65 bits per heavy atom. The molecular formula is C13H26O2Si2. The van der Waals surface area contributed by atoms with Crippen LogP contribution in [-0.2, 0) is 8.85 Å². The molecule has 4 heteroatoms. The molecule has 0 N–H and O–H groups in total. The van der Waals surface area contributed by atoms with Crippen LogP contribution in [0.4, 0.5) is 0 Å². The maximum absolute atomic E-state index is 6.09. The lowest BCUT2D eigenvalue weighted by atomic mass is 10.3. The van der Waals surface area contributed by atoms with E-state index in [1.165, 1.54) is 49.4 Å². The van der Waals surface area contributed by atoms with Gasteiger partial charge >= 0.3 is 0 Å². The van der Waals surface area contributed by atoms with E-state index in [1.54, 1.807) is 5.20 Å². The van der Waals surface area contributed by atoms with E-state index >= 15 is 0 Å². The summed E-state index contributed by atoms with van der Waals surface area (Å²) in [5.74, 6) is 0. The first-order valence-electron chi connectivity index (χ1n) is 7.17. The second-order valence-corrected chi connectivity index (χ2v) is 10.7. The summed E-state index contributed by atoms with van der Waals surface area (Å²) in [6.45, 7) is 6.59. The second-order valence-electron chi connectivity index (χ2n) is 5.57. The molecule has 0 radical (unpaired) electrons. The molecule has 2 aliphatic heterocycles. The summed E-state index contributed by atoms with van der Waals surface area (Å²) in [6, 6.07) is 4.04. The van der Waals surface area contributed by atoms with Crippen LogP contribution >= 0.6 is 0 Å². The van der Waals surface area contributed by atoms with Crippen LogP contribution in [0.1, 0.15) is 39.5 Å². The van der Waals surface area contributed by atoms with Crippen molar-refractivity contribution in [2.24, 2.45) is 0 Å². The highest BCUT2D eigenvalue weighted by molar-refractivity contribution is 6.65. The number of allylic oxidation sites excluding steroid dienone is 2. The third-order valence-electron chi connectivity index (χ3n) is 3.93. The van der Waals surface area contributed by atoms with Crippen molar-refractivity contribution in [3.8, 4) is 0 Å². The summed E-state index contributed by atoms with van der Waals surface area (Å²) < 4.78 is 12.1. The summed E-state index contributed by atoms with van der Waals surface area (Å²) in [4.78, 5) is 0. The van der Waals surface area contributed by atoms with E-state index in [0.29, 0.717) is 0 Å². The molecule has 0 saturated carbocycles. The Kier molecular flexibility index (Phi) is 5.47. The number of rotatable bonds is 3. The van der Waals surface area contributed by atoms with Crippen molar-refractivity contribution >= 4 is 18.1 Å². The molecule has 17 heavy (non-hydrogen) atoms. The molecule has 0 bridgehead atoms. The van der Waals surface area contributed by atoms with E-state index in [-0.39, 0.29) is 0 Å². The van der Waals surface area contributed by atoms with E-state index in [1.807, 2.05) is 0 Å². The Balaban J connectivity index is 1.94. The van der Waals surface area contributed by atoms with Crippen molar-refractivity contribution in [3.63, 3.8) is 0 Å². The fourth-order valence-electron chi connectivity index (χ4n) is 2.89. The van der Waals surface area contributed by atoms with Gasteiger partial charge in [0, 0.05) is 13.2 Å². The van der Waals surface area contributed by atoms with Crippen molar-refractivity contribution in [1.82, 2.24) is 0 Å². The third kappa shape index (κ3) is 4.05. The zero-order valence-electron chi connectivity index (χ0n) is 11.3. The quantitative estimate of drug-likeness (QED) is 0.734. The van der Waals surface area contributed by atoms with Gasteiger partial charge < -0.3 is 8.85 Å². The minimum absolute atomic E-state index is 0.914. The van der Waals surface area contributed by atoms with Crippen molar-refractivity contribution in [2.75, 3.05) is 13.2 Å². The molecule has 2 nitrogen and oxygen atoms in total. The van der Waals surface area contributed by atoms with Gasteiger partial charge in [0.05, 0.1) is 0 Å². The van der Waals surface area contributed by atoms with E-state index in [9.17, 15) is 0 Å². The summed E-state index contributed by atoms with van der Waals surface area (Å²) in [7, 11) is -1.95. The number of hydrogen-bond acceptors (Lipinski definition) is 2. The van der Waals surface area contributed by atoms with Crippen molar-refractivity contribution in [1.29, 1.82) is 0 Å². The average molecular weight is 271 g/mol. The summed E-state index contributed by atoms with van der Waals surface area (Å²) in [5, 5.41) is 1.71. The molecule has 0 amide bonds. The van der Waals surface area contributed by atoms with Crippen LogP contribution in [0.5, 0.6) is 0 Å². The lowest BCUT2D eigenvalue weighted by Crippen LogP contribution is -2.32. The van der Waals surface area contributed by atoms with Crippen LogP contribution < -0.4 is 0 Å². The molecule has 98 valence electrons. The van der Waals surface area contributed by atoms with E-state index in [2.05, 4.69) is 13.8 Å². The lowest BCUT2D eigenvalue weighted by molar-refractivity contribution is 0.284. The first-order valence-corrected chi connectivity index (χ1v) is 11.1. The number of hydrogen-bond donors (Lipinski definition) is 0. The molecule has 0 aromatic heterocycles. The molecule has 2 saturated heterocycles. The molecule has 2 rings (SSSR count). The summed E-state index contributed by atoms with van der Waals surface area (Å²) in [5.41, 5.74) is 1.53. The van der Waals surface area contributed by atoms with Crippen LogP contribution in [0.3, 0.4) is 0 Å². The third-order valence-corrected chi connectivity index (χ3v) is 10.2. The Morgan fingerprint density at radius 3 is 2.18 bits per heavy atom. The second kappa shape index (κ2) is 6.87. The van der Waals surface area contributed by atoms with Crippen LogP contribution in [0.15, 0.2) is 10.8 Å². The minimum Gasteiger partial charge on any atom is -0.420 e. The SMILES string of the molecule is CC(C)=C(C[SiH]1CCCCO1)[SiH]1CCCCO1. The standard InChI is InChI=1S/C13H26O2Si2/c1-12(2)13(17-10-6-4-8-15-17)11-16-9-5-3-7-14-16/h16-17H,3-11H2,1-2H3. The Labute approximate surface area is 109 Å². The normalized spacial score (nSPS) is 30.0. The van der Waals surface area contributed by atoms with Crippen LogP contribution in [-0.4, -0.2) is 31.3 Å². The molecule has 0 aromatic rings. The zero-order valence-corrected chi connectivity index (χ0v) is 13.6. The van der Waals surface area contributed by atoms with Gasteiger partial charge in [-0.05, 0) is 44.8 Å². The van der Waals surface area contributed by atoms with E-state index < -0.39 is 18.1 Å². The highest BCUT2D eigenvalue weighted by Gasteiger charge is 2.26. The Bertz CT molecular complexity index is 263. The monoisotopic (exact) mass is 270 g/mol. The highest BCUT2D eigenvalue weighted by Crippen LogP contribution is 2.26. The minimum atomic E-state index is -1.04. The van der Waals surface area contributed by atoms with Gasteiger partial charge in [-0.25, -0.2) is 0 Å². The van der Waals surface area contributed by atoms with Crippen LogP contribution in [0, 0.1) is 0 Å². The average Bonchev–Trinajstić information content (AvgIpc) is 2.38. The fourth-order valence-corrected chi connectivity index (χ4v) is 9.83. The van der Waals surface area contributed by atoms with Gasteiger partial charge in [-0.15, -0.1) is 0 Å². The van der Waals surface area contributed by atoms with Gasteiger partial charge in [0.2, 0.25) is 9.04 Å². The molecular weight excluding hydrogens is 244 g/mol. The maximum atomic E-state index is 6.09. The molecule has 2 heterocycles. The summed E-state index contributed by atoms with van der Waals surface area (Å²) >= 11 is 0. The van der Waals surface area contributed by atoms with Crippen molar-refractivity contribution < 1.29 is 8.85 Å². The smallest absolute Gasteiger partial charge is 0.203 e. The molecule has 2 unspecified atom stereocenters. The van der Waals surface area contributed by atoms with Crippen LogP contribution in [0.2, 0.25) is 18.1 Å². The van der Waals surface area contributed by atoms with Gasteiger partial charge in [-0.1, -0.05) is 23.6 Å². The largest absolute Gasteiger partial charge is 0.420 e. The Hall–Kier alpha value is 0.0938.